The number of halogens is 1. The molecule has 0 radical (unpaired) electrons. The number of benzene rings is 2. The molecule has 0 bridgehead atoms. The van der Waals surface area contributed by atoms with Crippen molar-refractivity contribution in [2.45, 2.75) is 0 Å². The summed E-state index contributed by atoms with van der Waals surface area (Å²) in [5, 5.41) is 8.38. The standard InChI is InChI=1S/C25H23BrN8O/c1-33-7-9-34(10-8-33)20-6-5-14(12-28-20)24-30-23-18(26)11-16(22(27)21(23)25(35)31-24)15-3-2-4-19-17(15)13-29-32-19/h2-6,11-13H,7-10,27H2,1H3,(H,29,32)(H,30,31,35). The van der Waals surface area contributed by atoms with Crippen LogP contribution in [0.4, 0.5) is 11.5 Å². The fraction of sp³-hybridized carbons (Fsp3) is 0.200. The fourth-order valence-corrected chi connectivity index (χ4v) is 5.13. The number of piperazine rings is 1. The summed E-state index contributed by atoms with van der Waals surface area (Å²) in [5.41, 5.74) is 10.4. The van der Waals surface area contributed by atoms with Crippen LogP contribution in [0.25, 0.3) is 44.3 Å². The molecule has 2 aromatic carbocycles. The second kappa shape index (κ2) is 8.47. The quantitative estimate of drug-likeness (QED) is 0.304. The van der Waals surface area contributed by atoms with Gasteiger partial charge < -0.3 is 20.5 Å². The van der Waals surface area contributed by atoms with Gasteiger partial charge in [0.1, 0.15) is 11.6 Å². The summed E-state index contributed by atoms with van der Waals surface area (Å²) in [6, 6.07) is 11.7. The second-order valence-corrected chi connectivity index (χ2v) is 9.64. The topological polar surface area (TPSA) is 120 Å². The van der Waals surface area contributed by atoms with Gasteiger partial charge in [0.25, 0.3) is 5.56 Å². The monoisotopic (exact) mass is 530 g/mol. The Bertz CT molecular complexity index is 1620. The van der Waals surface area contributed by atoms with Crippen LogP contribution in [0.3, 0.4) is 0 Å². The number of rotatable bonds is 3. The number of nitrogens with two attached hydrogens (primary N) is 1. The Balaban J connectivity index is 1.42. The second-order valence-electron chi connectivity index (χ2n) is 8.79. The molecule has 10 heteroatoms. The highest BCUT2D eigenvalue weighted by Crippen LogP contribution is 2.38. The molecule has 1 aliphatic rings. The van der Waals surface area contributed by atoms with Crippen molar-refractivity contribution in [2.24, 2.45) is 0 Å². The van der Waals surface area contributed by atoms with Gasteiger partial charge in [0.2, 0.25) is 0 Å². The zero-order valence-electron chi connectivity index (χ0n) is 19.0. The average molecular weight is 531 g/mol. The van der Waals surface area contributed by atoms with E-state index < -0.39 is 0 Å². The summed E-state index contributed by atoms with van der Waals surface area (Å²) >= 11 is 3.62. The minimum atomic E-state index is -0.299. The van der Waals surface area contributed by atoms with Gasteiger partial charge in [0, 0.05) is 53.4 Å². The summed E-state index contributed by atoms with van der Waals surface area (Å²) in [6.07, 6.45) is 3.51. The van der Waals surface area contributed by atoms with Crippen molar-refractivity contribution in [3.05, 3.63) is 63.6 Å². The normalized spacial score (nSPS) is 14.7. The molecule has 0 unspecified atom stereocenters. The van der Waals surface area contributed by atoms with E-state index in [0.29, 0.717) is 26.9 Å². The molecular weight excluding hydrogens is 508 g/mol. The maximum Gasteiger partial charge on any atom is 0.261 e. The molecule has 0 atom stereocenters. The van der Waals surface area contributed by atoms with Crippen LogP contribution < -0.4 is 16.2 Å². The van der Waals surface area contributed by atoms with Crippen LogP contribution in [-0.4, -0.2) is 63.3 Å². The van der Waals surface area contributed by atoms with E-state index in [4.69, 9.17) is 10.7 Å². The number of pyridine rings is 1. The Morgan fingerprint density at radius 3 is 2.66 bits per heavy atom. The summed E-state index contributed by atoms with van der Waals surface area (Å²) in [4.78, 5) is 30.1. The van der Waals surface area contributed by atoms with Crippen molar-refractivity contribution in [3.63, 3.8) is 0 Å². The molecule has 5 aromatic rings. The molecule has 0 spiro atoms. The lowest BCUT2D eigenvalue weighted by Gasteiger charge is -2.33. The van der Waals surface area contributed by atoms with Crippen LogP contribution in [-0.2, 0) is 0 Å². The smallest absolute Gasteiger partial charge is 0.261 e. The van der Waals surface area contributed by atoms with E-state index >= 15 is 0 Å². The number of H-pyrrole nitrogens is 2. The number of anilines is 2. The van der Waals surface area contributed by atoms with E-state index in [-0.39, 0.29) is 5.56 Å². The molecular formula is C25H23BrN8O. The highest BCUT2D eigenvalue weighted by molar-refractivity contribution is 9.10. The summed E-state index contributed by atoms with van der Waals surface area (Å²) in [6.45, 7) is 3.90. The fourth-order valence-electron chi connectivity index (χ4n) is 4.61. The van der Waals surface area contributed by atoms with E-state index in [2.05, 4.69) is 52.9 Å². The van der Waals surface area contributed by atoms with Crippen LogP contribution in [0.1, 0.15) is 0 Å². The minimum absolute atomic E-state index is 0.299. The first-order valence-corrected chi connectivity index (χ1v) is 12.1. The van der Waals surface area contributed by atoms with Gasteiger partial charge in [-0.3, -0.25) is 9.89 Å². The molecule has 35 heavy (non-hydrogen) atoms. The van der Waals surface area contributed by atoms with Gasteiger partial charge >= 0.3 is 0 Å². The summed E-state index contributed by atoms with van der Waals surface area (Å²) in [5.74, 6) is 1.37. The predicted octanol–water partition coefficient (Wildman–Crippen LogP) is 3.62. The highest BCUT2D eigenvalue weighted by Gasteiger charge is 2.19. The molecule has 1 fully saturated rings. The molecule has 1 aliphatic heterocycles. The van der Waals surface area contributed by atoms with Crippen molar-refractivity contribution in [2.75, 3.05) is 43.9 Å². The number of aromatic nitrogens is 5. The molecule has 4 N–H and O–H groups in total. The number of aromatic amines is 2. The van der Waals surface area contributed by atoms with Crippen molar-refractivity contribution < 1.29 is 0 Å². The maximum atomic E-state index is 13.2. The van der Waals surface area contributed by atoms with Gasteiger partial charge in [-0.25, -0.2) is 9.97 Å². The van der Waals surface area contributed by atoms with Crippen LogP contribution in [0.15, 0.2) is 58.1 Å². The Kier molecular flexibility index (Phi) is 5.27. The van der Waals surface area contributed by atoms with Gasteiger partial charge in [0.05, 0.1) is 28.3 Å². The largest absolute Gasteiger partial charge is 0.398 e. The molecule has 0 saturated carbocycles. The number of hydrogen-bond acceptors (Lipinski definition) is 7. The minimum Gasteiger partial charge on any atom is -0.398 e. The Morgan fingerprint density at radius 1 is 1.06 bits per heavy atom. The molecule has 9 nitrogen and oxygen atoms in total. The van der Waals surface area contributed by atoms with Crippen LogP contribution in [0.5, 0.6) is 0 Å². The number of hydrogen-bond donors (Lipinski definition) is 3. The van der Waals surface area contributed by atoms with Gasteiger partial charge in [-0.05, 0) is 52.8 Å². The number of nitrogens with zero attached hydrogens (tertiary/aromatic N) is 5. The van der Waals surface area contributed by atoms with E-state index in [1.165, 1.54) is 0 Å². The first kappa shape index (κ1) is 21.8. The zero-order valence-corrected chi connectivity index (χ0v) is 20.6. The van der Waals surface area contributed by atoms with Crippen molar-refractivity contribution >= 4 is 49.2 Å². The van der Waals surface area contributed by atoms with E-state index in [1.54, 1.807) is 12.4 Å². The van der Waals surface area contributed by atoms with Crippen LogP contribution in [0.2, 0.25) is 0 Å². The SMILES string of the molecule is CN1CCN(c2ccc(-c3nc4c(Br)cc(-c5cccc6[nH]ncc56)c(N)c4c(=O)[nH]3)cn2)CC1. The molecule has 176 valence electrons. The van der Waals surface area contributed by atoms with Gasteiger partial charge in [-0.15, -0.1) is 0 Å². The predicted molar refractivity (Wildman–Crippen MR) is 143 cm³/mol. The Hall–Kier alpha value is -3.76. The lowest BCUT2D eigenvalue weighted by Crippen LogP contribution is -2.44. The molecule has 0 amide bonds. The Labute approximate surface area is 209 Å². The number of likely N-dealkylation sites (N-methyl/N-ethyl adjacent to an activating group) is 1. The third-order valence-corrected chi connectivity index (χ3v) is 7.20. The number of fused-ring (bicyclic) bond motifs is 2. The van der Waals surface area contributed by atoms with E-state index in [1.807, 2.05) is 36.4 Å². The lowest BCUT2D eigenvalue weighted by atomic mass is 9.98. The molecule has 6 rings (SSSR count). The van der Waals surface area contributed by atoms with E-state index in [9.17, 15) is 4.79 Å². The average Bonchev–Trinajstić information content (AvgIpc) is 3.36. The number of nitrogens with one attached hydrogen (secondary N) is 2. The van der Waals surface area contributed by atoms with Gasteiger partial charge in [-0.2, -0.15) is 5.10 Å². The summed E-state index contributed by atoms with van der Waals surface area (Å²) in [7, 11) is 2.13. The molecule has 0 aliphatic carbocycles. The zero-order chi connectivity index (χ0) is 24.1. The molecule has 1 saturated heterocycles. The third-order valence-electron chi connectivity index (χ3n) is 6.60. The number of nitrogen functional groups attached to an aromatic ring is 1. The molecule has 3 aromatic heterocycles. The third kappa shape index (κ3) is 3.75. The molecule has 4 heterocycles. The van der Waals surface area contributed by atoms with Gasteiger partial charge in [-0.1, -0.05) is 12.1 Å². The van der Waals surface area contributed by atoms with Crippen molar-refractivity contribution in [1.82, 2.24) is 30.0 Å². The highest BCUT2D eigenvalue weighted by atomic mass is 79.9. The maximum absolute atomic E-state index is 13.2. The van der Waals surface area contributed by atoms with Crippen molar-refractivity contribution in [1.29, 1.82) is 0 Å². The van der Waals surface area contributed by atoms with E-state index in [0.717, 1.165) is 59.6 Å². The van der Waals surface area contributed by atoms with Crippen LogP contribution >= 0.6 is 15.9 Å². The summed E-state index contributed by atoms with van der Waals surface area (Å²) < 4.78 is 0.687. The van der Waals surface area contributed by atoms with Crippen molar-refractivity contribution in [3.8, 4) is 22.5 Å². The first-order valence-electron chi connectivity index (χ1n) is 11.3. The van der Waals surface area contributed by atoms with Crippen LogP contribution in [0, 0.1) is 0 Å². The Morgan fingerprint density at radius 2 is 1.89 bits per heavy atom. The first-order chi connectivity index (χ1) is 17.0. The lowest BCUT2D eigenvalue weighted by molar-refractivity contribution is 0.312. The van der Waals surface area contributed by atoms with Gasteiger partial charge in [0.15, 0.2) is 0 Å².